The van der Waals surface area contributed by atoms with Gasteiger partial charge in [-0.2, -0.15) is 0 Å². The molecule has 1 aromatic rings. The maximum absolute atomic E-state index is 5.67. The Labute approximate surface area is 102 Å². The highest BCUT2D eigenvalue weighted by Gasteiger charge is 2.14. The molecule has 4 heteroatoms. The van der Waals surface area contributed by atoms with Crippen LogP contribution in [0, 0.1) is 0 Å². The molecule has 1 aliphatic heterocycles. The van der Waals surface area contributed by atoms with E-state index >= 15 is 0 Å². The van der Waals surface area contributed by atoms with Gasteiger partial charge in [0.1, 0.15) is 0 Å². The first-order valence-electron chi connectivity index (χ1n) is 5.91. The van der Waals surface area contributed by atoms with Crippen molar-refractivity contribution in [3.8, 4) is 11.5 Å². The lowest BCUT2D eigenvalue weighted by molar-refractivity contribution is 0.170. The fraction of sp³-hybridized carbons (Fsp3) is 0.538. The lowest BCUT2D eigenvalue weighted by Gasteiger charge is -2.17. The van der Waals surface area contributed by atoms with Gasteiger partial charge in [0.2, 0.25) is 0 Å². The fourth-order valence-corrected chi connectivity index (χ4v) is 1.91. The van der Waals surface area contributed by atoms with Crippen molar-refractivity contribution in [1.82, 2.24) is 5.32 Å². The standard InChI is InChI=1S/C13H19NO3/c1-14-11(9-15-2)10-4-5-12-13(8-10)17-7-3-6-16-12/h4-5,8,11,14H,3,6-7,9H2,1-2H3. The first-order chi connectivity index (χ1) is 8.35. The Kier molecular flexibility index (Phi) is 4.23. The molecule has 0 saturated heterocycles. The van der Waals surface area contributed by atoms with Crippen LogP contribution in [-0.2, 0) is 4.74 Å². The van der Waals surface area contributed by atoms with E-state index in [2.05, 4.69) is 5.32 Å². The SMILES string of the molecule is CNC(COC)c1ccc2c(c1)OCCCO2. The summed E-state index contributed by atoms with van der Waals surface area (Å²) in [5.41, 5.74) is 1.15. The Bertz CT molecular complexity index is 368. The first kappa shape index (κ1) is 12.2. The zero-order valence-electron chi connectivity index (χ0n) is 10.4. The number of hydrogen-bond donors (Lipinski definition) is 1. The topological polar surface area (TPSA) is 39.7 Å². The van der Waals surface area contributed by atoms with Crippen molar-refractivity contribution >= 4 is 0 Å². The van der Waals surface area contributed by atoms with E-state index in [1.165, 1.54) is 0 Å². The maximum Gasteiger partial charge on any atom is 0.161 e. The van der Waals surface area contributed by atoms with Gasteiger partial charge in [0, 0.05) is 13.5 Å². The molecule has 1 unspecified atom stereocenters. The van der Waals surface area contributed by atoms with E-state index in [0.29, 0.717) is 13.2 Å². The molecule has 1 aromatic carbocycles. The van der Waals surface area contributed by atoms with Crippen molar-refractivity contribution in [2.75, 3.05) is 34.0 Å². The Morgan fingerprint density at radius 1 is 1.29 bits per heavy atom. The highest BCUT2D eigenvalue weighted by Crippen LogP contribution is 2.32. The summed E-state index contributed by atoms with van der Waals surface area (Å²) in [6.07, 6.45) is 0.928. The van der Waals surface area contributed by atoms with Gasteiger partial charge >= 0.3 is 0 Å². The number of ether oxygens (including phenoxy) is 3. The summed E-state index contributed by atoms with van der Waals surface area (Å²) in [6, 6.07) is 6.22. The zero-order valence-corrected chi connectivity index (χ0v) is 10.4. The molecule has 4 nitrogen and oxygen atoms in total. The van der Waals surface area contributed by atoms with Gasteiger partial charge in [0.25, 0.3) is 0 Å². The Balaban J connectivity index is 2.21. The third-order valence-corrected chi connectivity index (χ3v) is 2.86. The summed E-state index contributed by atoms with van der Waals surface area (Å²) in [6.45, 7) is 2.07. The van der Waals surface area contributed by atoms with Gasteiger partial charge in [-0.15, -0.1) is 0 Å². The van der Waals surface area contributed by atoms with Gasteiger partial charge in [-0.3, -0.25) is 0 Å². The Morgan fingerprint density at radius 3 is 2.76 bits per heavy atom. The number of nitrogens with one attached hydrogen (secondary N) is 1. The quantitative estimate of drug-likeness (QED) is 0.866. The van der Waals surface area contributed by atoms with Crippen molar-refractivity contribution in [2.24, 2.45) is 0 Å². The molecule has 1 N–H and O–H groups in total. The largest absolute Gasteiger partial charge is 0.490 e. The van der Waals surface area contributed by atoms with Crippen LogP contribution in [0.3, 0.4) is 0 Å². The monoisotopic (exact) mass is 237 g/mol. The Hall–Kier alpha value is -1.26. The van der Waals surface area contributed by atoms with Crippen LogP contribution in [0.1, 0.15) is 18.0 Å². The van der Waals surface area contributed by atoms with Crippen LogP contribution < -0.4 is 14.8 Å². The van der Waals surface area contributed by atoms with Gasteiger partial charge in [-0.25, -0.2) is 0 Å². The highest BCUT2D eigenvalue weighted by atomic mass is 16.5. The molecular formula is C13H19NO3. The van der Waals surface area contributed by atoms with E-state index < -0.39 is 0 Å². The van der Waals surface area contributed by atoms with Crippen LogP contribution in [0.15, 0.2) is 18.2 Å². The second-order valence-electron chi connectivity index (χ2n) is 4.05. The minimum atomic E-state index is 0.178. The predicted octanol–water partition coefficient (Wildman–Crippen LogP) is 1.75. The minimum absolute atomic E-state index is 0.178. The van der Waals surface area contributed by atoms with Crippen molar-refractivity contribution in [3.63, 3.8) is 0 Å². The lowest BCUT2D eigenvalue weighted by atomic mass is 10.1. The first-order valence-corrected chi connectivity index (χ1v) is 5.91. The van der Waals surface area contributed by atoms with Crippen molar-refractivity contribution in [3.05, 3.63) is 23.8 Å². The van der Waals surface area contributed by atoms with Crippen molar-refractivity contribution < 1.29 is 14.2 Å². The third kappa shape index (κ3) is 2.90. The van der Waals surface area contributed by atoms with Gasteiger partial charge in [0.15, 0.2) is 11.5 Å². The summed E-state index contributed by atoms with van der Waals surface area (Å²) in [7, 11) is 3.63. The second-order valence-corrected chi connectivity index (χ2v) is 4.05. The average Bonchev–Trinajstić information content (AvgIpc) is 2.60. The molecule has 0 radical (unpaired) electrons. The number of fused-ring (bicyclic) bond motifs is 1. The van der Waals surface area contributed by atoms with Crippen molar-refractivity contribution in [1.29, 1.82) is 0 Å². The number of rotatable bonds is 4. The predicted molar refractivity (Wildman–Crippen MR) is 65.7 cm³/mol. The molecule has 0 spiro atoms. The number of likely N-dealkylation sites (N-methyl/N-ethyl adjacent to an activating group) is 1. The average molecular weight is 237 g/mol. The van der Waals surface area contributed by atoms with Gasteiger partial charge < -0.3 is 19.5 Å². The van der Waals surface area contributed by atoms with Crippen LogP contribution in [0.4, 0.5) is 0 Å². The highest BCUT2D eigenvalue weighted by molar-refractivity contribution is 5.44. The summed E-state index contributed by atoms with van der Waals surface area (Å²) >= 11 is 0. The number of methoxy groups -OCH3 is 1. The molecule has 94 valence electrons. The molecule has 1 aliphatic rings. The third-order valence-electron chi connectivity index (χ3n) is 2.86. The Morgan fingerprint density at radius 2 is 2.06 bits per heavy atom. The summed E-state index contributed by atoms with van der Waals surface area (Å²) in [5.74, 6) is 1.66. The van der Waals surface area contributed by atoms with E-state index in [1.54, 1.807) is 7.11 Å². The lowest BCUT2D eigenvalue weighted by Crippen LogP contribution is -2.21. The summed E-state index contributed by atoms with van der Waals surface area (Å²) in [4.78, 5) is 0. The molecule has 0 fully saturated rings. The molecule has 0 bridgehead atoms. The molecule has 0 saturated carbocycles. The van der Waals surface area contributed by atoms with E-state index in [0.717, 1.165) is 30.1 Å². The molecule has 0 aromatic heterocycles. The summed E-state index contributed by atoms with van der Waals surface area (Å²) < 4.78 is 16.5. The minimum Gasteiger partial charge on any atom is -0.490 e. The smallest absolute Gasteiger partial charge is 0.161 e. The second kappa shape index (κ2) is 5.89. The van der Waals surface area contributed by atoms with Crippen LogP contribution >= 0.6 is 0 Å². The van der Waals surface area contributed by atoms with E-state index in [1.807, 2.05) is 25.2 Å². The zero-order chi connectivity index (χ0) is 12.1. The molecule has 0 aliphatic carbocycles. The van der Waals surface area contributed by atoms with Gasteiger partial charge in [-0.05, 0) is 24.7 Å². The fourth-order valence-electron chi connectivity index (χ4n) is 1.91. The van der Waals surface area contributed by atoms with Crippen molar-refractivity contribution in [2.45, 2.75) is 12.5 Å². The molecule has 17 heavy (non-hydrogen) atoms. The van der Waals surface area contributed by atoms with Crippen LogP contribution in [-0.4, -0.2) is 34.0 Å². The molecule has 2 rings (SSSR count). The van der Waals surface area contributed by atoms with E-state index in [4.69, 9.17) is 14.2 Å². The number of hydrogen-bond acceptors (Lipinski definition) is 4. The molecular weight excluding hydrogens is 218 g/mol. The van der Waals surface area contributed by atoms with Gasteiger partial charge in [0.05, 0.1) is 25.9 Å². The van der Waals surface area contributed by atoms with Crippen LogP contribution in [0.25, 0.3) is 0 Å². The molecule has 1 heterocycles. The van der Waals surface area contributed by atoms with Crippen LogP contribution in [0.5, 0.6) is 11.5 Å². The van der Waals surface area contributed by atoms with Crippen LogP contribution in [0.2, 0.25) is 0 Å². The normalized spacial score (nSPS) is 16.4. The molecule has 1 atom stereocenters. The maximum atomic E-state index is 5.67. The van der Waals surface area contributed by atoms with Gasteiger partial charge in [-0.1, -0.05) is 6.07 Å². The molecule has 0 amide bonds. The number of benzene rings is 1. The van der Waals surface area contributed by atoms with E-state index in [-0.39, 0.29) is 6.04 Å². The van der Waals surface area contributed by atoms with E-state index in [9.17, 15) is 0 Å². The summed E-state index contributed by atoms with van der Waals surface area (Å²) in [5, 5.41) is 3.22.